The molecule has 11 heteroatoms. The van der Waals surface area contributed by atoms with Crippen LogP contribution in [0.2, 0.25) is 0 Å². The van der Waals surface area contributed by atoms with E-state index in [0.717, 1.165) is 5.56 Å². The summed E-state index contributed by atoms with van der Waals surface area (Å²) in [5, 5.41) is 17.2. The van der Waals surface area contributed by atoms with Gasteiger partial charge in [-0.2, -0.15) is 11.8 Å². The van der Waals surface area contributed by atoms with E-state index in [9.17, 15) is 24.3 Å². The summed E-state index contributed by atoms with van der Waals surface area (Å²) < 4.78 is 0. The highest BCUT2D eigenvalue weighted by molar-refractivity contribution is 7.98. The van der Waals surface area contributed by atoms with Crippen LogP contribution in [0.3, 0.4) is 0 Å². The van der Waals surface area contributed by atoms with E-state index in [-0.39, 0.29) is 25.8 Å². The Kier molecular flexibility index (Phi) is 13.8. The number of carboxylic acid groups (broad SMARTS) is 1. The van der Waals surface area contributed by atoms with Crippen LogP contribution in [0.1, 0.15) is 31.2 Å². The maximum Gasteiger partial charge on any atom is 0.326 e. The summed E-state index contributed by atoms with van der Waals surface area (Å²) in [5.41, 5.74) is 11.8. The van der Waals surface area contributed by atoms with Gasteiger partial charge in [0.1, 0.15) is 18.1 Å². The number of thioether (sulfide) groups is 1. The van der Waals surface area contributed by atoms with Crippen molar-refractivity contribution in [1.29, 1.82) is 0 Å². The molecule has 0 heterocycles. The van der Waals surface area contributed by atoms with Crippen molar-refractivity contribution >= 4 is 35.5 Å². The average molecular weight is 482 g/mol. The largest absolute Gasteiger partial charge is 0.480 e. The Hall–Kier alpha value is -2.63. The van der Waals surface area contributed by atoms with Crippen LogP contribution >= 0.6 is 11.8 Å². The molecule has 0 fully saturated rings. The van der Waals surface area contributed by atoms with Gasteiger partial charge in [-0.05, 0) is 49.8 Å². The van der Waals surface area contributed by atoms with Crippen molar-refractivity contribution in [3.05, 3.63) is 35.9 Å². The number of nitrogens with one attached hydrogen (secondary N) is 3. The number of nitrogens with two attached hydrogens (primary N) is 2. The second-order valence-electron chi connectivity index (χ2n) is 7.54. The van der Waals surface area contributed by atoms with Crippen LogP contribution in [0, 0.1) is 0 Å². The second kappa shape index (κ2) is 16.1. The van der Waals surface area contributed by atoms with Gasteiger partial charge in [-0.1, -0.05) is 30.3 Å². The van der Waals surface area contributed by atoms with E-state index in [1.807, 2.05) is 36.6 Å². The summed E-state index contributed by atoms with van der Waals surface area (Å²) in [6, 6.07) is 6.15. The molecule has 0 aliphatic carbocycles. The Morgan fingerprint density at radius 2 is 1.55 bits per heavy atom. The molecule has 8 N–H and O–H groups in total. The summed E-state index contributed by atoms with van der Waals surface area (Å²) in [6.07, 6.45) is 3.81. The Bertz CT molecular complexity index is 765. The maximum atomic E-state index is 13.0. The lowest BCUT2D eigenvalue weighted by atomic mass is 10.0. The molecule has 3 amide bonds. The van der Waals surface area contributed by atoms with Gasteiger partial charge in [0.25, 0.3) is 0 Å². The lowest BCUT2D eigenvalue weighted by Crippen LogP contribution is -2.56. The predicted molar refractivity (Wildman–Crippen MR) is 129 cm³/mol. The minimum Gasteiger partial charge on any atom is -0.480 e. The number of amides is 3. The number of hydrogen-bond acceptors (Lipinski definition) is 7. The number of carbonyl (C=O) groups excluding carboxylic acids is 3. The van der Waals surface area contributed by atoms with Crippen LogP contribution in [0.15, 0.2) is 30.3 Å². The predicted octanol–water partition coefficient (Wildman–Crippen LogP) is -0.391. The van der Waals surface area contributed by atoms with Crippen LogP contribution in [-0.2, 0) is 25.6 Å². The molecule has 3 atom stereocenters. The molecule has 0 aliphatic rings. The number of unbranched alkanes of at least 4 members (excludes halogenated alkanes) is 1. The molecule has 0 bridgehead atoms. The van der Waals surface area contributed by atoms with Crippen molar-refractivity contribution in [2.45, 2.75) is 50.2 Å². The molecule has 10 nitrogen and oxygen atoms in total. The molecule has 0 saturated carbocycles. The van der Waals surface area contributed by atoms with Gasteiger partial charge >= 0.3 is 5.97 Å². The minimum atomic E-state index is -1.14. The highest BCUT2D eigenvalue weighted by Crippen LogP contribution is 2.08. The fraction of sp³-hybridized carbons (Fsp3) is 0.545. The fourth-order valence-electron chi connectivity index (χ4n) is 3.11. The van der Waals surface area contributed by atoms with Crippen LogP contribution in [0.4, 0.5) is 0 Å². The minimum absolute atomic E-state index is 0.209. The van der Waals surface area contributed by atoms with Crippen molar-refractivity contribution in [3.63, 3.8) is 0 Å². The fourth-order valence-corrected chi connectivity index (χ4v) is 3.58. The summed E-state index contributed by atoms with van der Waals surface area (Å²) in [6.45, 7) is 0.145. The summed E-state index contributed by atoms with van der Waals surface area (Å²) >= 11 is 1.47. The van der Waals surface area contributed by atoms with Crippen LogP contribution in [0.25, 0.3) is 0 Å². The topological polar surface area (TPSA) is 177 Å². The van der Waals surface area contributed by atoms with E-state index in [4.69, 9.17) is 11.5 Å². The molecule has 0 radical (unpaired) electrons. The normalized spacial score (nSPS) is 13.4. The standard InChI is InChI=1S/C22H35N5O5S/c1-33-12-10-17(22(31)32)27-20(29)16(9-5-6-11-23)26-21(30)18(25-19(28)14-24)13-15-7-3-2-4-8-15/h2-4,7-8,16-18H,5-6,9-14,23-24H2,1H3,(H,25,28)(H,26,30)(H,27,29)(H,31,32). The summed E-state index contributed by atoms with van der Waals surface area (Å²) in [5.74, 6) is -2.21. The van der Waals surface area contributed by atoms with Gasteiger partial charge in [0.05, 0.1) is 6.54 Å². The van der Waals surface area contributed by atoms with Gasteiger partial charge in [0.15, 0.2) is 0 Å². The lowest BCUT2D eigenvalue weighted by Gasteiger charge is -2.24. The third kappa shape index (κ3) is 11.2. The number of hydrogen-bond donors (Lipinski definition) is 6. The highest BCUT2D eigenvalue weighted by Gasteiger charge is 2.29. The van der Waals surface area contributed by atoms with Gasteiger partial charge in [-0.15, -0.1) is 0 Å². The molecule has 0 spiro atoms. The smallest absolute Gasteiger partial charge is 0.326 e. The van der Waals surface area contributed by atoms with Crippen molar-refractivity contribution in [1.82, 2.24) is 16.0 Å². The monoisotopic (exact) mass is 481 g/mol. The molecular weight excluding hydrogens is 446 g/mol. The quantitative estimate of drug-likeness (QED) is 0.173. The Morgan fingerprint density at radius 1 is 0.909 bits per heavy atom. The van der Waals surface area contributed by atoms with E-state index in [2.05, 4.69) is 16.0 Å². The van der Waals surface area contributed by atoms with Crippen LogP contribution < -0.4 is 27.4 Å². The SMILES string of the molecule is CSCCC(NC(=O)C(CCCCN)NC(=O)C(Cc1ccccc1)NC(=O)CN)C(=O)O. The molecule has 1 aromatic carbocycles. The van der Waals surface area contributed by atoms with Crippen LogP contribution in [0.5, 0.6) is 0 Å². The zero-order valence-corrected chi connectivity index (χ0v) is 19.7. The molecular formula is C22H35N5O5S. The number of aliphatic carboxylic acids is 1. The summed E-state index contributed by atoms with van der Waals surface area (Å²) in [4.78, 5) is 49.3. The molecule has 0 aromatic heterocycles. The van der Waals surface area contributed by atoms with Crippen molar-refractivity contribution in [2.24, 2.45) is 11.5 Å². The van der Waals surface area contributed by atoms with E-state index in [0.29, 0.717) is 25.1 Å². The molecule has 0 saturated heterocycles. The van der Waals surface area contributed by atoms with Crippen molar-refractivity contribution in [3.8, 4) is 0 Å². The molecule has 33 heavy (non-hydrogen) atoms. The highest BCUT2D eigenvalue weighted by atomic mass is 32.2. The first-order valence-corrected chi connectivity index (χ1v) is 12.3. The lowest BCUT2D eigenvalue weighted by molar-refractivity contribution is -0.142. The molecule has 184 valence electrons. The second-order valence-corrected chi connectivity index (χ2v) is 8.53. The van der Waals surface area contributed by atoms with Gasteiger partial charge in [-0.3, -0.25) is 14.4 Å². The molecule has 1 aromatic rings. The zero-order valence-electron chi connectivity index (χ0n) is 18.9. The average Bonchev–Trinajstić information content (AvgIpc) is 2.80. The van der Waals surface area contributed by atoms with E-state index in [1.54, 1.807) is 0 Å². The molecule has 3 unspecified atom stereocenters. The van der Waals surface area contributed by atoms with E-state index in [1.165, 1.54) is 11.8 Å². The van der Waals surface area contributed by atoms with E-state index < -0.39 is 41.8 Å². The Labute approximate surface area is 198 Å². The van der Waals surface area contributed by atoms with Crippen molar-refractivity contribution < 1.29 is 24.3 Å². The third-order valence-corrected chi connectivity index (χ3v) is 5.57. The van der Waals surface area contributed by atoms with Gasteiger partial charge in [0, 0.05) is 6.42 Å². The molecule has 0 aliphatic heterocycles. The van der Waals surface area contributed by atoms with Crippen LogP contribution in [-0.4, -0.2) is 72.0 Å². The first-order chi connectivity index (χ1) is 15.8. The molecule has 1 rings (SSSR count). The van der Waals surface area contributed by atoms with E-state index >= 15 is 0 Å². The van der Waals surface area contributed by atoms with Crippen molar-refractivity contribution in [2.75, 3.05) is 25.1 Å². The number of benzene rings is 1. The zero-order chi connectivity index (χ0) is 24.6. The Morgan fingerprint density at radius 3 is 2.12 bits per heavy atom. The van der Waals surface area contributed by atoms with Gasteiger partial charge in [-0.25, -0.2) is 4.79 Å². The number of carboxylic acids is 1. The van der Waals surface area contributed by atoms with Gasteiger partial charge < -0.3 is 32.5 Å². The Balaban J connectivity index is 2.97. The maximum absolute atomic E-state index is 13.0. The summed E-state index contributed by atoms with van der Waals surface area (Å²) in [7, 11) is 0. The van der Waals surface area contributed by atoms with Gasteiger partial charge in [0.2, 0.25) is 17.7 Å². The first-order valence-electron chi connectivity index (χ1n) is 10.9. The number of carbonyl (C=O) groups is 4. The first kappa shape index (κ1) is 28.4. The number of rotatable bonds is 16. The third-order valence-electron chi connectivity index (χ3n) is 4.92.